The highest BCUT2D eigenvalue weighted by atomic mass is 16.3. The van der Waals surface area contributed by atoms with Crippen molar-refractivity contribution in [3.8, 4) is 5.75 Å². The number of fused-ring (bicyclic) bond motifs is 3. The lowest BCUT2D eigenvalue weighted by atomic mass is 9.95. The molecule has 1 aromatic carbocycles. The number of phenols is 1. The molecule has 2 aliphatic heterocycles. The lowest BCUT2D eigenvalue weighted by Gasteiger charge is -2.26. The minimum atomic E-state index is 0.519. The fraction of sp³-hybridized carbons (Fsp3) is 0.571. The van der Waals surface area contributed by atoms with Gasteiger partial charge >= 0.3 is 0 Å². The van der Waals surface area contributed by atoms with Crippen LogP contribution in [0.15, 0.2) is 12.1 Å². The lowest BCUT2D eigenvalue weighted by Crippen LogP contribution is -2.35. The van der Waals surface area contributed by atoms with E-state index in [2.05, 4.69) is 16.3 Å². The Morgan fingerprint density at radius 2 is 2.24 bits per heavy atom. The van der Waals surface area contributed by atoms with Gasteiger partial charge in [-0.2, -0.15) is 0 Å². The van der Waals surface area contributed by atoms with Crippen LogP contribution in [0.1, 0.15) is 36.3 Å². The topological polar surface area (TPSA) is 35.5 Å². The van der Waals surface area contributed by atoms with Crippen molar-refractivity contribution in [2.24, 2.45) is 0 Å². The van der Waals surface area contributed by atoms with Gasteiger partial charge < -0.3 is 15.3 Å². The Balaban J connectivity index is 1.96. The highest BCUT2D eigenvalue weighted by Gasteiger charge is 2.44. The van der Waals surface area contributed by atoms with Crippen LogP contribution in [0.25, 0.3) is 0 Å². The zero-order valence-corrected chi connectivity index (χ0v) is 9.95. The summed E-state index contributed by atoms with van der Waals surface area (Å²) in [6.45, 7) is 3.08. The molecule has 1 aromatic rings. The number of nitrogens with one attached hydrogen (secondary N) is 1. The number of rotatable bonds is 0. The Morgan fingerprint density at radius 1 is 1.29 bits per heavy atom. The van der Waals surface area contributed by atoms with E-state index in [4.69, 9.17) is 0 Å². The van der Waals surface area contributed by atoms with Crippen molar-refractivity contribution in [3.63, 3.8) is 0 Å². The van der Waals surface area contributed by atoms with Crippen molar-refractivity contribution in [2.75, 3.05) is 18.0 Å². The van der Waals surface area contributed by atoms with E-state index in [0.717, 1.165) is 19.6 Å². The zero-order valence-electron chi connectivity index (χ0n) is 9.95. The molecule has 1 aliphatic carbocycles. The van der Waals surface area contributed by atoms with Crippen molar-refractivity contribution in [3.05, 3.63) is 23.3 Å². The van der Waals surface area contributed by atoms with Gasteiger partial charge in [-0.15, -0.1) is 0 Å². The zero-order chi connectivity index (χ0) is 11.4. The average molecular weight is 230 g/mol. The summed E-state index contributed by atoms with van der Waals surface area (Å²) in [7, 11) is 0. The highest BCUT2D eigenvalue weighted by Crippen LogP contribution is 2.53. The van der Waals surface area contributed by atoms with Crippen LogP contribution in [-0.4, -0.2) is 24.2 Å². The van der Waals surface area contributed by atoms with E-state index in [9.17, 15) is 5.11 Å². The first-order valence-electron chi connectivity index (χ1n) is 6.68. The van der Waals surface area contributed by atoms with Gasteiger partial charge in [0.2, 0.25) is 0 Å². The normalized spacial score (nSPS) is 30.0. The molecule has 0 unspecified atom stereocenters. The lowest BCUT2D eigenvalue weighted by molar-refractivity contribution is 0.461. The van der Waals surface area contributed by atoms with Crippen LogP contribution < -0.4 is 10.2 Å². The molecule has 0 radical (unpaired) electrons. The maximum atomic E-state index is 10.2. The molecule has 0 aromatic heterocycles. The van der Waals surface area contributed by atoms with E-state index >= 15 is 0 Å². The summed E-state index contributed by atoms with van der Waals surface area (Å²) in [6.07, 6.45) is 3.85. The van der Waals surface area contributed by atoms with Crippen LogP contribution in [0.5, 0.6) is 5.75 Å². The van der Waals surface area contributed by atoms with E-state index in [0.29, 0.717) is 17.7 Å². The van der Waals surface area contributed by atoms with E-state index in [1.54, 1.807) is 0 Å². The van der Waals surface area contributed by atoms with Crippen molar-refractivity contribution in [1.82, 2.24) is 5.32 Å². The molecule has 3 aliphatic rings. The van der Waals surface area contributed by atoms with Crippen LogP contribution in [-0.2, 0) is 6.54 Å². The molecule has 3 heteroatoms. The fourth-order valence-electron chi connectivity index (χ4n) is 4.01. The number of hydrogen-bond acceptors (Lipinski definition) is 3. The third-order valence-corrected chi connectivity index (χ3v) is 4.66. The summed E-state index contributed by atoms with van der Waals surface area (Å²) in [6, 6.07) is 4.62. The van der Waals surface area contributed by atoms with Crippen LogP contribution in [0.4, 0.5) is 5.69 Å². The van der Waals surface area contributed by atoms with E-state index in [1.807, 2.05) is 6.07 Å². The summed E-state index contributed by atoms with van der Waals surface area (Å²) >= 11 is 0. The summed E-state index contributed by atoms with van der Waals surface area (Å²) in [5, 5.41) is 13.7. The number of hydrogen-bond donors (Lipinski definition) is 2. The molecule has 17 heavy (non-hydrogen) atoms. The van der Waals surface area contributed by atoms with E-state index in [1.165, 1.54) is 36.1 Å². The Bertz CT molecular complexity index is 472. The highest BCUT2D eigenvalue weighted by molar-refractivity contribution is 5.71. The van der Waals surface area contributed by atoms with Gasteiger partial charge in [-0.1, -0.05) is 12.5 Å². The van der Waals surface area contributed by atoms with Crippen LogP contribution in [0.2, 0.25) is 0 Å². The molecule has 2 atom stereocenters. The van der Waals surface area contributed by atoms with Gasteiger partial charge in [-0.05, 0) is 24.5 Å². The van der Waals surface area contributed by atoms with Crippen LogP contribution in [0, 0.1) is 0 Å². The number of benzene rings is 1. The van der Waals surface area contributed by atoms with E-state index < -0.39 is 0 Å². The molecular formula is C14H18N2O. The van der Waals surface area contributed by atoms with Crippen LogP contribution in [0.3, 0.4) is 0 Å². The SMILES string of the molecule is Oc1ccc2c3c1[C@H]1CCC[C@H]1N3CCNC2. The molecule has 3 nitrogen and oxygen atoms in total. The van der Waals surface area contributed by atoms with Gasteiger partial charge in [0, 0.05) is 42.8 Å². The smallest absolute Gasteiger partial charge is 0.121 e. The predicted molar refractivity (Wildman–Crippen MR) is 67.5 cm³/mol. The third kappa shape index (κ3) is 1.20. The first kappa shape index (κ1) is 9.77. The maximum absolute atomic E-state index is 10.2. The second kappa shape index (κ2) is 3.39. The Labute approximate surface area is 101 Å². The second-order valence-corrected chi connectivity index (χ2v) is 5.48. The monoisotopic (exact) mass is 230 g/mol. The van der Waals surface area contributed by atoms with Crippen molar-refractivity contribution in [2.45, 2.75) is 37.8 Å². The minimum absolute atomic E-state index is 0.519. The van der Waals surface area contributed by atoms with Gasteiger partial charge in [0.25, 0.3) is 0 Å². The predicted octanol–water partition coefficient (Wildman–Crippen LogP) is 1.95. The number of anilines is 1. The quantitative estimate of drug-likeness (QED) is 0.715. The minimum Gasteiger partial charge on any atom is -0.508 e. The van der Waals surface area contributed by atoms with Gasteiger partial charge in [0.1, 0.15) is 5.75 Å². The average Bonchev–Trinajstić information content (AvgIpc) is 2.82. The number of aromatic hydroxyl groups is 1. The van der Waals surface area contributed by atoms with Gasteiger partial charge in [-0.3, -0.25) is 0 Å². The molecule has 90 valence electrons. The Kier molecular flexibility index (Phi) is 1.95. The summed E-state index contributed by atoms with van der Waals surface area (Å²) in [5.41, 5.74) is 3.96. The number of nitrogens with zero attached hydrogens (tertiary/aromatic N) is 1. The standard InChI is InChI=1S/C14H18N2O/c17-12-5-4-9-8-15-6-7-16-11-3-1-2-10(11)13(12)14(9)16/h4-5,10-11,15,17H,1-3,6-8H2/t10-,11+/m0/s1. The first-order chi connectivity index (χ1) is 8.36. The van der Waals surface area contributed by atoms with Gasteiger partial charge in [0.15, 0.2) is 0 Å². The van der Waals surface area contributed by atoms with Gasteiger partial charge in [-0.25, -0.2) is 0 Å². The van der Waals surface area contributed by atoms with Crippen molar-refractivity contribution < 1.29 is 5.11 Å². The molecular weight excluding hydrogens is 212 g/mol. The first-order valence-corrected chi connectivity index (χ1v) is 6.68. The second-order valence-electron chi connectivity index (χ2n) is 5.48. The Hall–Kier alpha value is -1.22. The van der Waals surface area contributed by atoms with Crippen molar-refractivity contribution in [1.29, 1.82) is 0 Å². The largest absolute Gasteiger partial charge is 0.508 e. The molecule has 0 bridgehead atoms. The summed E-state index contributed by atoms with van der Waals surface area (Å²) in [4.78, 5) is 2.56. The third-order valence-electron chi connectivity index (χ3n) is 4.66. The fourth-order valence-corrected chi connectivity index (χ4v) is 4.01. The molecule has 2 heterocycles. The maximum Gasteiger partial charge on any atom is 0.121 e. The molecule has 0 spiro atoms. The molecule has 0 amide bonds. The Morgan fingerprint density at radius 3 is 3.18 bits per heavy atom. The number of phenolic OH excluding ortho intramolecular Hbond substituents is 1. The van der Waals surface area contributed by atoms with Crippen molar-refractivity contribution >= 4 is 5.69 Å². The van der Waals surface area contributed by atoms with E-state index in [-0.39, 0.29) is 0 Å². The van der Waals surface area contributed by atoms with Gasteiger partial charge in [0.05, 0.1) is 0 Å². The molecule has 2 N–H and O–H groups in total. The molecule has 0 saturated heterocycles. The molecule has 1 fully saturated rings. The molecule has 1 saturated carbocycles. The summed E-state index contributed by atoms with van der Waals surface area (Å²) in [5.74, 6) is 1.10. The van der Waals surface area contributed by atoms with Crippen LogP contribution >= 0.6 is 0 Å². The summed E-state index contributed by atoms with van der Waals surface area (Å²) < 4.78 is 0. The molecule has 4 rings (SSSR count).